The number of benzene rings is 1. The molecule has 118 valence electrons. The number of hydrogen-bond donors (Lipinski definition) is 2. The molecule has 6 heteroatoms. The molecule has 0 bridgehead atoms. The molecule has 2 amide bonds. The number of fused-ring (bicyclic) bond motifs is 1. The van der Waals surface area contributed by atoms with Crippen LogP contribution in [0.3, 0.4) is 0 Å². The van der Waals surface area contributed by atoms with Gasteiger partial charge in [0, 0.05) is 24.3 Å². The Morgan fingerprint density at radius 1 is 1.26 bits per heavy atom. The van der Waals surface area contributed by atoms with Crippen molar-refractivity contribution in [3.05, 3.63) is 65.9 Å². The number of hydrogen-bond acceptors (Lipinski definition) is 3. The lowest BCUT2D eigenvalue weighted by Crippen LogP contribution is -2.36. The van der Waals surface area contributed by atoms with E-state index < -0.39 is 0 Å². The van der Waals surface area contributed by atoms with Crippen LogP contribution in [0.15, 0.2) is 53.2 Å². The molecule has 5 nitrogen and oxygen atoms in total. The Labute approximate surface area is 132 Å². The number of nitrogens with one attached hydrogen (secondary N) is 2. The molecule has 0 saturated carbocycles. The minimum atomic E-state index is -0.331. The quantitative estimate of drug-likeness (QED) is 0.774. The van der Waals surface area contributed by atoms with Crippen LogP contribution in [-0.4, -0.2) is 11.0 Å². The standard InChI is InChI=1S/C17H16FN3O2/c1-11(16-9-13-8-14(18)2-3-15(13)23-16)21-17(22)20-10-12-4-6-19-7-5-12/h2-9,11H,10H2,1H3,(H2,20,21,22)/t11-/m1/s1. The molecule has 0 unspecified atom stereocenters. The third kappa shape index (κ3) is 3.66. The van der Waals surface area contributed by atoms with E-state index in [0.717, 1.165) is 5.56 Å². The number of amides is 2. The summed E-state index contributed by atoms with van der Waals surface area (Å²) in [6.07, 6.45) is 3.34. The largest absolute Gasteiger partial charge is 0.459 e. The third-order valence-electron chi connectivity index (χ3n) is 3.47. The van der Waals surface area contributed by atoms with Gasteiger partial charge in [0.05, 0.1) is 6.04 Å². The summed E-state index contributed by atoms with van der Waals surface area (Å²) < 4.78 is 18.8. The van der Waals surface area contributed by atoms with Crippen molar-refractivity contribution in [3.63, 3.8) is 0 Å². The van der Waals surface area contributed by atoms with Crippen molar-refractivity contribution in [1.29, 1.82) is 0 Å². The molecular formula is C17H16FN3O2. The van der Waals surface area contributed by atoms with E-state index in [4.69, 9.17) is 4.42 Å². The van der Waals surface area contributed by atoms with Gasteiger partial charge in [-0.2, -0.15) is 0 Å². The van der Waals surface area contributed by atoms with Crippen LogP contribution >= 0.6 is 0 Å². The second-order valence-electron chi connectivity index (χ2n) is 5.24. The number of urea groups is 1. The fraction of sp³-hybridized carbons (Fsp3) is 0.176. The molecule has 23 heavy (non-hydrogen) atoms. The van der Waals surface area contributed by atoms with Gasteiger partial charge in [0.2, 0.25) is 0 Å². The molecule has 0 aliphatic heterocycles. The molecule has 1 atom stereocenters. The van der Waals surface area contributed by atoms with Crippen LogP contribution < -0.4 is 10.6 Å². The summed E-state index contributed by atoms with van der Waals surface area (Å²) in [4.78, 5) is 15.8. The van der Waals surface area contributed by atoms with E-state index in [1.807, 2.05) is 12.1 Å². The molecule has 0 spiro atoms. The highest BCUT2D eigenvalue weighted by Gasteiger charge is 2.14. The van der Waals surface area contributed by atoms with Crippen molar-refractivity contribution < 1.29 is 13.6 Å². The van der Waals surface area contributed by atoms with Crippen LogP contribution in [0.2, 0.25) is 0 Å². The summed E-state index contributed by atoms with van der Waals surface area (Å²) in [5.74, 6) is 0.255. The number of pyridine rings is 1. The molecule has 3 aromatic rings. The molecule has 3 rings (SSSR count). The molecule has 0 saturated heterocycles. The summed E-state index contributed by atoms with van der Waals surface area (Å²) in [5, 5.41) is 6.22. The molecule has 0 aliphatic carbocycles. The predicted octanol–water partition coefficient (Wildman–Crippen LogP) is 3.53. The van der Waals surface area contributed by atoms with E-state index in [-0.39, 0.29) is 17.9 Å². The molecule has 0 aliphatic rings. The number of aromatic nitrogens is 1. The number of rotatable bonds is 4. The highest BCUT2D eigenvalue weighted by atomic mass is 19.1. The number of carbonyl (C=O) groups is 1. The first-order chi connectivity index (χ1) is 11.1. The first kappa shape index (κ1) is 15.0. The lowest BCUT2D eigenvalue weighted by molar-refractivity contribution is 0.236. The van der Waals surface area contributed by atoms with Gasteiger partial charge in [0.15, 0.2) is 0 Å². The fourth-order valence-electron chi connectivity index (χ4n) is 2.25. The first-order valence-electron chi connectivity index (χ1n) is 7.24. The Balaban J connectivity index is 1.61. The van der Waals surface area contributed by atoms with E-state index in [1.54, 1.807) is 31.5 Å². The Kier molecular flexibility index (Phi) is 4.23. The third-order valence-corrected chi connectivity index (χ3v) is 3.47. The highest BCUT2D eigenvalue weighted by molar-refractivity contribution is 5.78. The summed E-state index contributed by atoms with van der Waals surface area (Å²) in [6, 6.07) is 9.07. The van der Waals surface area contributed by atoms with Crippen LogP contribution in [0.1, 0.15) is 24.3 Å². The normalized spacial score (nSPS) is 12.1. The van der Waals surface area contributed by atoms with Crippen LogP contribution in [0.4, 0.5) is 9.18 Å². The van der Waals surface area contributed by atoms with Gasteiger partial charge in [-0.05, 0) is 48.9 Å². The van der Waals surface area contributed by atoms with Gasteiger partial charge in [-0.25, -0.2) is 9.18 Å². The van der Waals surface area contributed by atoms with Gasteiger partial charge in [0.1, 0.15) is 17.2 Å². The maximum absolute atomic E-state index is 13.2. The summed E-state index contributed by atoms with van der Waals surface area (Å²) in [6.45, 7) is 2.21. The smallest absolute Gasteiger partial charge is 0.315 e. The highest BCUT2D eigenvalue weighted by Crippen LogP contribution is 2.24. The lowest BCUT2D eigenvalue weighted by Gasteiger charge is -2.12. The van der Waals surface area contributed by atoms with Crippen LogP contribution in [0, 0.1) is 5.82 Å². The maximum atomic E-state index is 13.2. The summed E-state index contributed by atoms with van der Waals surface area (Å²) in [5.41, 5.74) is 1.55. The van der Waals surface area contributed by atoms with Crippen molar-refractivity contribution in [3.8, 4) is 0 Å². The number of nitrogens with zero attached hydrogens (tertiary/aromatic N) is 1. The van der Waals surface area contributed by atoms with E-state index in [9.17, 15) is 9.18 Å². The van der Waals surface area contributed by atoms with Gasteiger partial charge in [0.25, 0.3) is 0 Å². The van der Waals surface area contributed by atoms with Crippen LogP contribution in [-0.2, 0) is 6.54 Å². The second kappa shape index (κ2) is 6.48. The van der Waals surface area contributed by atoms with Crippen molar-refractivity contribution in [2.24, 2.45) is 0 Å². The van der Waals surface area contributed by atoms with E-state index in [0.29, 0.717) is 23.3 Å². The molecule has 2 N–H and O–H groups in total. The maximum Gasteiger partial charge on any atom is 0.315 e. The van der Waals surface area contributed by atoms with Gasteiger partial charge in [-0.15, -0.1) is 0 Å². The van der Waals surface area contributed by atoms with E-state index >= 15 is 0 Å². The average Bonchev–Trinajstić information content (AvgIpc) is 2.97. The van der Waals surface area contributed by atoms with Crippen molar-refractivity contribution in [2.75, 3.05) is 0 Å². The van der Waals surface area contributed by atoms with Crippen LogP contribution in [0.5, 0.6) is 0 Å². The van der Waals surface area contributed by atoms with E-state index in [2.05, 4.69) is 15.6 Å². The van der Waals surface area contributed by atoms with Gasteiger partial charge >= 0.3 is 6.03 Å². The zero-order chi connectivity index (χ0) is 16.2. The number of halogens is 1. The molecule has 1 aromatic carbocycles. The number of carbonyl (C=O) groups excluding carboxylic acids is 1. The average molecular weight is 313 g/mol. The Hall–Kier alpha value is -2.89. The van der Waals surface area contributed by atoms with Crippen molar-refractivity contribution >= 4 is 17.0 Å². The zero-order valence-corrected chi connectivity index (χ0v) is 12.5. The summed E-state index contributed by atoms with van der Waals surface area (Å²) >= 11 is 0. The van der Waals surface area contributed by atoms with Gasteiger partial charge in [-0.1, -0.05) is 0 Å². The SMILES string of the molecule is C[C@@H](NC(=O)NCc1ccncc1)c1cc2cc(F)ccc2o1. The first-order valence-corrected chi connectivity index (χ1v) is 7.24. The Bertz CT molecular complexity index is 817. The minimum absolute atomic E-state index is 0.305. The van der Waals surface area contributed by atoms with Gasteiger partial charge < -0.3 is 15.1 Å². The number of furan rings is 1. The van der Waals surface area contributed by atoms with Gasteiger partial charge in [-0.3, -0.25) is 4.98 Å². The molecule has 2 aromatic heterocycles. The Morgan fingerprint density at radius 2 is 2.04 bits per heavy atom. The zero-order valence-electron chi connectivity index (χ0n) is 12.5. The van der Waals surface area contributed by atoms with Crippen molar-refractivity contribution in [2.45, 2.75) is 19.5 Å². The lowest BCUT2D eigenvalue weighted by atomic mass is 10.2. The monoisotopic (exact) mass is 313 g/mol. The molecule has 0 fully saturated rings. The molecule has 2 heterocycles. The Morgan fingerprint density at radius 3 is 2.83 bits per heavy atom. The molecule has 0 radical (unpaired) electrons. The van der Waals surface area contributed by atoms with E-state index in [1.165, 1.54) is 12.1 Å². The fourth-order valence-corrected chi connectivity index (χ4v) is 2.25. The van der Waals surface area contributed by atoms with Crippen molar-refractivity contribution in [1.82, 2.24) is 15.6 Å². The topological polar surface area (TPSA) is 67.2 Å². The molecular weight excluding hydrogens is 297 g/mol. The second-order valence-corrected chi connectivity index (χ2v) is 5.24. The minimum Gasteiger partial charge on any atom is -0.459 e. The summed E-state index contributed by atoms with van der Waals surface area (Å²) in [7, 11) is 0. The van der Waals surface area contributed by atoms with Crippen LogP contribution in [0.25, 0.3) is 11.0 Å². The predicted molar refractivity (Wildman–Crippen MR) is 84.2 cm³/mol.